The van der Waals surface area contributed by atoms with Gasteiger partial charge >= 0.3 is 0 Å². The summed E-state index contributed by atoms with van der Waals surface area (Å²) in [5.41, 5.74) is 0.737. The molecule has 0 radical (unpaired) electrons. The standard InChI is InChI=1S/C17H19ClFN3O3S/c1-21(12-13-2-4-15(18)16(19)10-13)17-5-3-14(11-20-17)26(23,24)22-6-8-25-9-7-22/h2-5,10-11H,6-9,12H2,1H3. The molecular formula is C17H19ClFN3O3S. The van der Waals surface area contributed by atoms with Crippen molar-refractivity contribution < 1.29 is 17.5 Å². The molecule has 0 atom stereocenters. The first-order chi connectivity index (χ1) is 12.4. The van der Waals surface area contributed by atoms with Gasteiger partial charge in [0.05, 0.1) is 18.2 Å². The maximum atomic E-state index is 13.5. The Kier molecular flexibility index (Phi) is 5.76. The Balaban J connectivity index is 1.73. The summed E-state index contributed by atoms with van der Waals surface area (Å²) >= 11 is 5.69. The number of hydrogen-bond donors (Lipinski definition) is 0. The molecule has 3 rings (SSSR count). The zero-order valence-electron chi connectivity index (χ0n) is 14.2. The van der Waals surface area contributed by atoms with Crippen molar-refractivity contribution >= 4 is 27.4 Å². The van der Waals surface area contributed by atoms with Gasteiger partial charge in [-0.2, -0.15) is 4.31 Å². The second-order valence-electron chi connectivity index (χ2n) is 5.97. The molecule has 1 aliphatic rings. The third-order valence-corrected chi connectivity index (χ3v) is 6.31. The molecule has 140 valence electrons. The highest BCUT2D eigenvalue weighted by Crippen LogP contribution is 2.21. The highest BCUT2D eigenvalue weighted by atomic mass is 35.5. The van der Waals surface area contributed by atoms with E-state index in [1.807, 2.05) is 0 Å². The minimum Gasteiger partial charge on any atom is -0.379 e. The van der Waals surface area contributed by atoms with Crippen LogP contribution < -0.4 is 4.90 Å². The SMILES string of the molecule is CN(Cc1ccc(Cl)c(F)c1)c1ccc(S(=O)(=O)N2CCOCC2)cn1. The number of benzene rings is 1. The van der Waals surface area contributed by atoms with Crippen LogP contribution in [0.15, 0.2) is 41.4 Å². The van der Waals surface area contributed by atoms with Crippen molar-refractivity contribution in [3.8, 4) is 0 Å². The molecule has 1 saturated heterocycles. The van der Waals surface area contributed by atoms with Crippen molar-refractivity contribution in [3.63, 3.8) is 0 Å². The van der Waals surface area contributed by atoms with Gasteiger partial charge in [0.25, 0.3) is 0 Å². The van der Waals surface area contributed by atoms with E-state index in [-0.39, 0.29) is 9.92 Å². The molecule has 1 fully saturated rings. The van der Waals surface area contributed by atoms with Crippen molar-refractivity contribution in [2.75, 3.05) is 38.3 Å². The minimum absolute atomic E-state index is 0.0761. The van der Waals surface area contributed by atoms with Crippen molar-refractivity contribution in [3.05, 3.63) is 52.9 Å². The van der Waals surface area contributed by atoms with E-state index in [1.54, 1.807) is 24.1 Å². The normalized spacial score (nSPS) is 15.8. The van der Waals surface area contributed by atoms with Gasteiger partial charge in [-0.1, -0.05) is 17.7 Å². The fraction of sp³-hybridized carbons (Fsp3) is 0.353. The Morgan fingerprint density at radius 3 is 2.62 bits per heavy atom. The number of sulfonamides is 1. The maximum Gasteiger partial charge on any atom is 0.244 e. The lowest BCUT2D eigenvalue weighted by molar-refractivity contribution is 0.0730. The van der Waals surface area contributed by atoms with Gasteiger partial charge in [0.15, 0.2) is 0 Å². The number of halogens is 2. The van der Waals surface area contributed by atoms with Crippen LogP contribution in [0.25, 0.3) is 0 Å². The molecule has 1 aromatic carbocycles. The van der Waals surface area contributed by atoms with Gasteiger partial charge in [-0.05, 0) is 29.8 Å². The van der Waals surface area contributed by atoms with Crippen molar-refractivity contribution in [1.29, 1.82) is 0 Å². The third-order valence-electron chi connectivity index (χ3n) is 4.12. The summed E-state index contributed by atoms with van der Waals surface area (Å²) in [6.07, 6.45) is 1.35. The van der Waals surface area contributed by atoms with E-state index in [4.69, 9.17) is 16.3 Å². The topological polar surface area (TPSA) is 62.7 Å². The van der Waals surface area contributed by atoms with Gasteiger partial charge in [-0.25, -0.2) is 17.8 Å². The first-order valence-corrected chi connectivity index (χ1v) is 9.89. The van der Waals surface area contributed by atoms with E-state index in [0.29, 0.717) is 38.7 Å². The van der Waals surface area contributed by atoms with Crippen LogP contribution in [-0.4, -0.2) is 51.1 Å². The van der Waals surface area contributed by atoms with Crippen LogP contribution in [0.4, 0.5) is 10.2 Å². The summed E-state index contributed by atoms with van der Waals surface area (Å²) in [6.45, 7) is 1.88. The van der Waals surface area contributed by atoms with E-state index < -0.39 is 15.8 Å². The minimum atomic E-state index is -3.57. The van der Waals surface area contributed by atoms with Gasteiger partial charge in [-0.3, -0.25) is 0 Å². The maximum absolute atomic E-state index is 13.5. The Morgan fingerprint density at radius 2 is 2.00 bits per heavy atom. The molecule has 0 bridgehead atoms. The number of hydrogen-bond acceptors (Lipinski definition) is 5. The Hall–Kier alpha value is -1.74. The number of rotatable bonds is 5. The molecule has 9 heteroatoms. The third kappa shape index (κ3) is 4.15. The summed E-state index contributed by atoms with van der Waals surface area (Å²) < 4.78 is 45.3. The number of ether oxygens (including phenoxy) is 1. The van der Waals surface area contributed by atoms with Gasteiger partial charge in [0.1, 0.15) is 16.5 Å². The summed E-state index contributed by atoms with van der Waals surface area (Å²) in [4.78, 5) is 6.19. The van der Waals surface area contributed by atoms with Gasteiger partial charge in [0, 0.05) is 32.9 Å². The second kappa shape index (κ2) is 7.87. The summed E-state index contributed by atoms with van der Waals surface area (Å²) in [6, 6.07) is 7.78. The Labute approximate surface area is 157 Å². The first kappa shape index (κ1) is 19.0. The summed E-state index contributed by atoms with van der Waals surface area (Å²) in [5, 5.41) is 0.0761. The van der Waals surface area contributed by atoms with E-state index in [0.717, 1.165) is 5.56 Å². The van der Waals surface area contributed by atoms with E-state index >= 15 is 0 Å². The second-order valence-corrected chi connectivity index (χ2v) is 8.32. The highest BCUT2D eigenvalue weighted by molar-refractivity contribution is 7.89. The quantitative estimate of drug-likeness (QED) is 0.773. The lowest BCUT2D eigenvalue weighted by atomic mass is 10.2. The molecule has 1 aromatic heterocycles. The molecule has 2 heterocycles. The van der Waals surface area contributed by atoms with E-state index in [9.17, 15) is 12.8 Å². The molecule has 2 aromatic rings. The van der Waals surface area contributed by atoms with Gasteiger partial charge in [-0.15, -0.1) is 0 Å². The summed E-state index contributed by atoms with van der Waals surface area (Å²) in [5.74, 6) is 0.110. The van der Waals surface area contributed by atoms with Crippen LogP contribution in [-0.2, 0) is 21.3 Å². The predicted octanol–water partition coefficient (Wildman–Crippen LogP) is 2.53. The molecule has 1 aliphatic heterocycles. The predicted molar refractivity (Wildman–Crippen MR) is 97.3 cm³/mol. The lowest BCUT2D eigenvalue weighted by Gasteiger charge is -2.26. The molecule has 0 spiro atoms. The fourth-order valence-corrected chi connectivity index (χ4v) is 4.15. The van der Waals surface area contributed by atoms with Crippen LogP contribution in [0, 0.1) is 5.82 Å². The van der Waals surface area contributed by atoms with Crippen molar-refractivity contribution in [2.45, 2.75) is 11.4 Å². The molecule has 0 aliphatic carbocycles. The largest absolute Gasteiger partial charge is 0.379 e. The van der Waals surface area contributed by atoms with Crippen LogP contribution >= 0.6 is 11.6 Å². The monoisotopic (exact) mass is 399 g/mol. The molecule has 0 N–H and O–H groups in total. The summed E-state index contributed by atoms with van der Waals surface area (Å²) in [7, 11) is -1.77. The van der Waals surface area contributed by atoms with Crippen molar-refractivity contribution in [1.82, 2.24) is 9.29 Å². The van der Waals surface area contributed by atoms with Crippen LogP contribution in [0.5, 0.6) is 0 Å². The highest BCUT2D eigenvalue weighted by Gasteiger charge is 2.26. The first-order valence-electron chi connectivity index (χ1n) is 8.07. The number of aromatic nitrogens is 1. The number of pyridine rings is 1. The average molecular weight is 400 g/mol. The molecule has 26 heavy (non-hydrogen) atoms. The molecule has 6 nitrogen and oxygen atoms in total. The lowest BCUT2D eigenvalue weighted by Crippen LogP contribution is -2.40. The number of morpholine rings is 1. The van der Waals surface area contributed by atoms with E-state index in [1.165, 1.54) is 28.7 Å². The molecule has 0 unspecified atom stereocenters. The van der Waals surface area contributed by atoms with Crippen molar-refractivity contribution in [2.24, 2.45) is 0 Å². The number of nitrogens with zero attached hydrogens (tertiary/aromatic N) is 3. The van der Waals surface area contributed by atoms with Crippen LogP contribution in [0.2, 0.25) is 5.02 Å². The molecule has 0 amide bonds. The smallest absolute Gasteiger partial charge is 0.244 e. The van der Waals surface area contributed by atoms with Crippen LogP contribution in [0.1, 0.15) is 5.56 Å². The zero-order chi connectivity index (χ0) is 18.7. The molecular weight excluding hydrogens is 381 g/mol. The Bertz CT molecular complexity index is 871. The average Bonchev–Trinajstić information content (AvgIpc) is 2.65. The van der Waals surface area contributed by atoms with Gasteiger partial charge in [0.2, 0.25) is 10.0 Å². The van der Waals surface area contributed by atoms with E-state index in [2.05, 4.69) is 4.98 Å². The zero-order valence-corrected chi connectivity index (χ0v) is 15.8. The van der Waals surface area contributed by atoms with Crippen LogP contribution in [0.3, 0.4) is 0 Å². The fourth-order valence-electron chi connectivity index (χ4n) is 2.68. The molecule has 0 saturated carbocycles. The van der Waals surface area contributed by atoms with Gasteiger partial charge < -0.3 is 9.64 Å². The Morgan fingerprint density at radius 1 is 1.27 bits per heavy atom. The number of anilines is 1.